The third kappa shape index (κ3) is 4.43. The molecule has 1 aromatic heterocycles. The number of hydrogen-bond donors (Lipinski definition) is 1. The summed E-state index contributed by atoms with van der Waals surface area (Å²) >= 11 is 0. The second-order valence-corrected chi connectivity index (χ2v) is 5.44. The molecule has 2 heterocycles. The largest absolute Gasteiger partial charge is 0.385 e. The average molecular weight is 290 g/mol. The van der Waals surface area contributed by atoms with Crippen LogP contribution in [0.1, 0.15) is 37.2 Å². The molecule has 0 aliphatic carbocycles. The normalized spacial score (nSPS) is 16.0. The number of nitrogens with zero attached hydrogens (tertiary/aromatic N) is 3. The molecule has 5 nitrogen and oxygen atoms in total. The van der Waals surface area contributed by atoms with Crippen molar-refractivity contribution in [3.63, 3.8) is 0 Å². The zero-order chi connectivity index (χ0) is 15.1. The highest BCUT2D eigenvalue weighted by atomic mass is 16.2. The molecule has 0 aromatic carbocycles. The highest BCUT2D eigenvalue weighted by Crippen LogP contribution is 2.12. The van der Waals surface area contributed by atoms with E-state index in [1.54, 1.807) is 6.20 Å². The van der Waals surface area contributed by atoms with Gasteiger partial charge in [-0.15, -0.1) is 0 Å². The third-order valence-corrected chi connectivity index (χ3v) is 3.95. The van der Waals surface area contributed by atoms with E-state index in [1.807, 2.05) is 17.0 Å². The maximum atomic E-state index is 12.5. The maximum absolute atomic E-state index is 12.5. The van der Waals surface area contributed by atoms with E-state index in [4.69, 9.17) is 0 Å². The summed E-state index contributed by atoms with van der Waals surface area (Å²) < 4.78 is 0. The van der Waals surface area contributed by atoms with Gasteiger partial charge in [0, 0.05) is 44.6 Å². The van der Waals surface area contributed by atoms with Gasteiger partial charge in [-0.3, -0.25) is 9.78 Å². The number of aromatic nitrogens is 1. The van der Waals surface area contributed by atoms with Crippen molar-refractivity contribution in [2.45, 2.75) is 26.7 Å². The van der Waals surface area contributed by atoms with E-state index < -0.39 is 0 Å². The van der Waals surface area contributed by atoms with Crippen LogP contribution in [0.4, 0.5) is 5.69 Å². The Balaban J connectivity index is 1.94. The van der Waals surface area contributed by atoms with Gasteiger partial charge in [-0.2, -0.15) is 0 Å². The fourth-order valence-corrected chi connectivity index (χ4v) is 2.50. The van der Waals surface area contributed by atoms with E-state index in [1.165, 1.54) is 0 Å². The Hall–Kier alpha value is -1.62. The van der Waals surface area contributed by atoms with Crippen LogP contribution < -0.4 is 5.32 Å². The van der Waals surface area contributed by atoms with Crippen LogP contribution in [0.15, 0.2) is 18.3 Å². The summed E-state index contributed by atoms with van der Waals surface area (Å²) in [5.41, 5.74) is 1.52. The van der Waals surface area contributed by atoms with Crippen molar-refractivity contribution in [1.29, 1.82) is 0 Å². The second-order valence-electron chi connectivity index (χ2n) is 5.44. The van der Waals surface area contributed by atoms with Crippen LogP contribution in [-0.2, 0) is 0 Å². The molecular formula is C16H26N4O. The second kappa shape index (κ2) is 7.98. The van der Waals surface area contributed by atoms with Gasteiger partial charge in [0.05, 0.1) is 0 Å². The molecule has 116 valence electrons. The van der Waals surface area contributed by atoms with Crippen LogP contribution in [-0.4, -0.2) is 60.0 Å². The smallest absolute Gasteiger partial charge is 0.272 e. The molecule has 0 saturated carbocycles. The van der Waals surface area contributed by atoms with Crippen molar-refractivity contribution >= 4 is 11.6 Å². The lowest BCUT2D eigenvalue weighted by atomic mass is 10.2. The molecule has 0 atom stereocenters. The number of unbranched alkanes of at least 4 members (excludes halogenated alkanes) is 1. The van der Waals surface area contributed by atoms with Gasteiger partial charge in [-0.1, -0.05) is 20.3 Å². The van der Waals surface area contributed by atoms with Gasteiger partial charge in [-0.05, 0) is 25.1 Å². The van der Waals surface area contributed by atoms with Gasteiger partial charge >= 0.3 is 0 Å². The molecule has 1 fully saturated rings. The molecule has 0 radical (unpaired) electrons. The zero-order valence-electron chi connectivity index (χ0n) is 13.1. The van der Waals surface area contributed by atoms with Crippen LogP contribution in [0, 0.1) is 0 Å². The van der Waals surface area contributed by atoms with Crippen molar-refractivity contribution in [3.05, 3.63) is 24.0 Å². The maximum Gasteiger partial charge on any atom is 0.272 e. The predicted molar refractivity (Wildman–Crippen MR) is 85.7 cm³/mol. The quantitative estimate of drug-likeness (QED) is 0.815. The SMILES string of the molecule is CCCCNc1ccnc(C(=O)N2CCN(CC)CC2)c1. The van der Waals surface area contributed by atoms with E-state index in [9.17, 15) is 4.79 Å². The summed E-state index contributed by atoms with van der Waals surface area (Å²) in [4.78, 5) is 21.0. The molecule has 1 aromatic rings. The van der Waals surface area contributed by atoms with E-state index in [0.717, 1.165) is 57.8 Å². The fourth-order valence-electron chi connectivity index (χ4n) is 2.50. The van der Waals surface area contributed by atoms with Gasteiger partial charge in [-0.25, -0.2) is 0 Å². The molecule has 1 saturated heterocycles. The zero-order valence-corrected chi connectivity index (χ0v) is 13.1. The molecule has 1 N–H and O–H groups in total. The number of likely N-dealkylation sites (N-methyl/N-ethyl adjacent to an activating group) is 1. The number of piperazine rings is 1. The van der Waals surface area contributed by atoms with Gasteiger partial charge in [0.2, 0.25) is 0 Å². The summed E-state index contributed by atoms with van der Waals surface area (Å²) in [5, 5.41) is 3.34. The van der Waals surface area contributed by atoms with Crippen molar-refractivity contribution in [3.8, 4) is 0 Å². The van der Waals surface area contributed by atoms with Gasteiger partial charge in [0.25, 0.3) is 5.91 Å². The van der Waals surface area contributed by atoms with E-state index in [2.05, 4.69) is 29.0 Å². The van der Waals surface area contributed by atoms with Crippen molar-refractivity contribution in [2.75, 3.05) is 44.6 Å². The van der Waals surface area contributed by atoms with Crippen LogP contribution >= 0.6 is 0 Å². The lowest BCUT2D eigenvalue weighted by molar-refractivity contribution is 0.0637. The van der Waals surface area contributed by atoms with Crippen molar-refractivity contribution < 1.29 is 4.79 Å². The van der Waals surface area contributed by atoms with E-state index >= 15 is 0 Å². The number of carbonyl (C=O) groups is 1. The molecule has 1 aliphatic heterocycles. The van der Waals surface area contributed by atoms with Gasteiger partial charge in [0.1, 0.15) is 5.69 Å². The van der Waals surface area contributed by atoms with Crippen LogP contribution in [0.2, 0.25) is 0 Å². The predicted octanol–water partition coefficient (Wildman–Crippen LogP) is 2.07. The van der Waals surface area contributed by atoms with Crippen molar-refractivity contribution in [2.24, 2.45) is 0 Å². The first-order valence-corrected chi connectivity index (χ1v) is 7.96. The number of nitrogens with one attached hydrogen (secondary N) is 1. The van der Waals surface area contributed by atoms with Gasteiger partial charge < -0.3 is 15.1 Å². The Morgan fingerprint density at radius 3 is 2.71 bits per heavy atom. The summed E-state index contributed by atoms with van der Waals surface area (Å²) in [7, 11) is 0. The van der Waals surface area contributed by atoms with Crippen LogP contribution in [0.3, 0.4) is 0 Å². The Bertz CT molecular complexity index is 455. The third-order valence-electron chi connectivity index (χ3n) is 3.95. The standard InChI is InChI=1S/C16H26N4O/c1-3-5-7-17-14-6-8-18-15(13-14)16(21)20-11-9-19(4-2)10-12-20/h6,8,13H,3-5,7,9-12H2,1-2H3,(H,17,18). The number of hydrogen-bond acceptors (Lipinski definition) is 4. The molecule has 1 aliphatic rings. The Morgan fingerprint density at radius 1 is 1.29 bits per heavy atom. The molecule has 0 unspecified atom stereocenters. The van der Waals surface area contributed by atoms with E-state index in [-0.39, 0.29) is 5.91 Å². The summed E-state index contributed by atoms with van der Waals surface area (Å²) in [6.07, 6.45) is 4.00. The number of amides is 1. The summed E-state index contributed by atoms with van der Waals surface area (Å²) in [6.45, 7) is 9.81. The topological polar surface area (TPSA) is 48.5 Å². The molecular weight excluding hydrogens is 264 g/mol. The fraction of sp³-hybridized carbons (Fsp3) is 0.625. The summed E-state index contributed by atoms with van der Waals surface area (Å²) in [6, 6.07) is 3.78. The molecule has 21 heavy (non-hydrogen) atoms. The highest BCUT2D eigenvalue weighted by Gasteiger charge is 2.22. The minimum atomic E-state index is 0.0462. The number of pyridine rings is 1. The summed E-state index contributed by atoms with van der Waals surface area (Å²) in [5.74, 6) is 0.0462. The molecule has 2 rings (SSSR count). The Labute approximate surface area is 127 Å². The number of anilines is 1. The highest BCUT2D eigenvalue weighted by molar-refractivity contribution is 5.93. The lowest BCUT2D eigenvalue weighted by Crippen LogP contribution is -2.48. The minimum absolute atomic E-state index is 0.0462. The number of carbonyl (C=O) groups excluding carboxylic acids is 1. The van der Waals surface area contributed by atoms with Crippen LogP contribution in [0.25, 0.3) is 0 Å². The average Bonchev–Trinajstić information content (AvgIpc) is 2.55. The Kier molecular flexibility index (Phi) is 5.99. The molecule has 5 heteroatoms. The lowest BCUT2D eigenvalue weighted by Gasteiger charge is -2.33. The first kappa shape index (κ1) is 15.8. The molecule has 1 amide bonds. The molecule has 0 bridgehead atoms. The van der Waals surface area contributed by atoms with Gasteiger partial charge in [0.15, 0.2) is 0 Å². The monoisotopic (exact) mass is 290 g/mol. The van der Waals surface area contributed by atoms with E-state index in [0.29, 0.717) is 5.69 Å². The molecule has 0 spiro atoms. The Morgan fingerprint density at radius 2 is 2.05 bits per heavy atom. The minimum Gasteiger partial charge on any atom is -0.385 e. The first-order chi connectivity index (χ1) is 10.2. The number of rotatable bonds is 6. The first-order valence-electron chi connectivity index (χ1n) is 7.96. The van der Waals surface area contributed by atoms with Crippen molar-refractivity contribution in [1.82, 2.24) is 14.8 Å². The van der Waals surface area contributed by atoms with Crippen LogP contribution in [0.5, 0.6) is 0 Å².